The average molecular weight is 198 g/mol. The van der Waals surface area contributed by atoms with Crippen molar-refractivity contribution < 1.29 is 9.90 Å². The summed E-state index contributed by atoms with van der Waals surface area (Å²) in [5.74, 6) is 0.251. The van der Waals surface area contributed by atoms with Crippen molar-refractivity contribution in [2.45, 2.75) is 64.4 Å². The maximum absolute atomic E-state index is 11.5. The van der Waals surface area contributed by atoms with Crippen molar-refractivity contribution in [1.82, 2.24) is 0 Å². The van der Waals surface area contributed by atoms with E-state index in [0.29, 0.717) is 12.2 Å². The van der Waals surface area contributed by atoms with Crippen molar-refractivity contribution >= 4 is 5.78 Å². The van der Waals surface area contributed by atoms with Crippen molar-refractivity contribution in [1.29, 1.82) is 0 Å². The number of carbonyl (C=O) groups is 1. The predicted molar refractivity (Wildman–Crippen MR) is 57.1 cm³/mol. The zero-order valence-electron chi connectivity index (χ0n) is 9.17. The molecule has 1 rings (SSSR count). The number of Topliss-reactive ketones (excluding diaryl/α,β-unsaturated/α-hetero) is 1. The molecule has 0 aromatic carbocycles. The second kappa shape index (κ2) is 6.18. The van der Waals surface area contributed by atoms with Crippen LogP contribution in [0.3, 0.4) is 0 Å². The molecule has 0 bridgehead atoms. The standard InChI is InChI=1S/C12H22O2/c1-2-3-4-8-11(13)10-7-5-6-9-12(10)14/h10-11,13H,2-9H2,1H3/t10-,11-/m0/s1. The molecule has 0 spiro atoms. The number of aliphatic hydroxyl groups is 1. The van der Waals surface area contributed by atoms with Crippen LogP contribution in [0.15, 0.2) is 0 Å². The van der Waals surface area contributed by atoms with Crippen LogP contribution in [0, 0.1) is 5.92 Å². The minimum absolute atomic E-state index is 0.0411. The van der Waals surface area contributed by atoms with Crippen LogP contribution in [0.4, 0.5) is 0 Å². The van der Waals surface area contributed by atoms with E-state index in [1.54, 1.807) is 0 Å². The van der Waals surface area contributed by atoms with Crippen LogP contribution in [0.2, 0.25) is 0 Å². The van der Waals surface area contributed by atoms with Crippen LogP contribution in [0.5, 0.6) is 0 Å². The summed E-state index contributed by atoms with van der Waals surface area (Å²) in [4.78, 5) is 11.5. The fourth-order valence-corrected chi connectivity index (χ4v) is 2.22. The van der Waals surface area contributed by atoms with E-state index >= 15 is 0 Å². The minimum atomic E-state index is -0.366. The summed E-state index contributed by atoms with van der Waals surface area (Å²) < 4.78 is 0. The molecule has 14 heavy (non-hydrogen) atoms. The highest BCUT2D eigenvalue weighted by atomic mass is 16.3. The van der Waals surface area contributed by atoms with E-state index in [9.17, 15) is 9.90 Å². The van der Waals surface area contributed by atoms with Gasteiger partial charge in [0.15, 0.2) is 0 Å². The summed E-state index contributed by atoms with van der Waals surface area (Å²) in [6.07, 6.45) is 7.57. The number of hydrogen-bond donors (Lipinski definition) is 1. The Kier molecular flexibility index (Phi) is 5.16. The fourth-order valence-electron chi connectivity index (χ4n) is 2.22. The molecule has 2 heteroatoms. The molecule has 0 aromatic rings. The lowest BCUT2D eigenvalue weighted by Gasteiger charge is -2.25. The van der Waals surface area contributed by atoms with E-state index in [4.69, 9.17) is 0 Å². The van der Waals surface area contributed by atoms with Crippen molar-refractivity contribution in [2.75, 3.05) is 0 Å². The molecule has 0 amide bonds. The van der Waals surface area contributed by atoms with Gasteiger partial charge in [-0.3, -0.25) is 4.79 Å². The van der Waals surface area contributed by atoms with E-state index in [2.05, 4.69) is 6.92 Å². The smallest absolute Gasteiger partial charge is 0.138 e. The third kappa shape index (κ3) is 3.41. The highest BCUT2D eigenvalue weighted by molar-refractivity contribution is 5.82. The molecule has 0 unspecified atom stereocenters. The fraction of sp³-hybridized carbons (Fsp3) is 0.917. The van der Waals surface area contributed by atoms with Gasteiger partial charge in [-0.05, 0) is 19.3 Å². The van der Waals surface area contributed by atoms with Crippen LogP contribution < -0.4 is 0 Å². The Labute approximate surface area is 86.7 Å². The van der Waals surface area contributed by atoms with Gasteiger partial charge >= 0.3 is 0 Å². The van der Waals surface area contributed by atoms with E-state index < -0.39 is 0 Å². The topological polar surface area (TPSA) is 37.3 Å². The molecule has 2 nitrogen and oxygen atoms in total. The number of rotatable bonds is 5. The van der Waals surface area contributed by atoms with E-state index in [-0.39, 0.29) is 12.0 Å². The molecule has 0 heterocycles. The maximum atomic E-state index is 11.5. The van der Waals surface area contributed by atoms with Crippen LogP contribution in [0.25, 0.3) is 0 Å². The minimum Gasteiger partial charge on any atom is -0.392 e. The van der Waals surface area contributed by atoms with Gasteiger partial charge in [0.2, 0.25) is 0 Å². The second-order valence-corrected chi connectivity index (χ2v) is 4.38. The highest BCUT2D eigenvalue weighted by Crippen LogP contribution is 2.25. The number of ketones is 1. The van der Waals surface area contributed by atoms with Gasteiger partial charge in [-0.1, -0.05) is 32.6 Å². The van der Waals surface area contributed by atoms with Crippen LogP contribution in [-0.2, 0) is 4.79 Å². The van der Waals surface area contributed by atoms with Gasteiger partial charge in [0, 0.05) is 12.3 Å². The summed E-state index contributed by atoms with van der Waals surface area (Å²) in [5.41, 5.74) is 0. The Morgan fingerprint density at radius 1 is 1.43 bits per heavy atom. The first-order valence-corrected chi connectivity index (χ1v) is 5.96. The van der Waals surface area contributed by atoms with Gasteiger partial charge < -0.3 is 5.11 Å². The quantitative estimate of drug-likeness (QED) is 0.690. The summed E-state index contributed by atoms with van der Waals surface area (Å²) in [5, 5.41) is 9.85. The Balaban J connectivity index is 2.27. The molecule has 1 saturated carbocycles. The lowest BCUT2D eigenvalue weighted by atomic mass is 9.82. The number of aliphatic hydroxyl groups excluding tert-OH is 1. The van der Waals surface area contributed by atoms with Gasteiger partial charge in [-0.25, -0.2) is 0 Å². The molecule has 0 radical (unpaired) electrons. The van der Waals surface area contributed by atoms with Crippen LogP contribution >= 0.6 is 0 Å². The lowest BCUT2D eigenvalue weighted by molar-refractivity contribution is -0.128. The van der Waals surface area contributed by atoms with Gasteiger partial charge in [0.1, 0.15) is 5.78 Å². The number of carbonyl (C=O) groups excluding carboxylic acids is 1. The monoisotopic (exact) mass is 198 g/mol. The maximum Gasteiger partial charge on any atom is 0.138 e. The molecule has 0 aromatic heterocycles. The van der Waals surface area contributed by atoms with Gasteiger partial charge in [0.05, 0.1) is 6.10 Å². The van der Waals surface area contributed by atoms with Crippen molar-refractivity contribution in [3.8, 4) is 0 Å². The molecular formula is C12H22O2. The normalized spacial score (nSPS) is 25.0. The van der Waals surface area contributed by atoms with E-state index in [1.807, 2.05) is 0 Å². The highest BCUT2D eigenvalue weighted by Gasteiger charge is 2.28. The lowest BCUT2D eigenvalue weighted by Crippen LogP contribution is -2.30. The van der Waals surface area contributed by atoms with Gasteiger partial charge in [-0.2, -0.15) is 0 Å². The first-order valence-electron chi connectivity index (χ1n) is 5.96. The summed E-state index contributed by atoms with van der Waals surface area (Å²) in [6, 6.07) is 0. The molecule has 0 aliphatic heterocycles. The van der Waals surface area contributed by atoms with Gasteiger partial charge in [0.25, 0.3) is 0 Å². The van der Waals surface area contributed by atoms with Crippen molar-refractivity contribution in [2.24, 2.45) is 5.92 Å². The third-order valence-electron chi connectivity index (χ3n) is 3.17. The van der Waals surface area contributed by atoms with Crippen LogP contribution in [0.1, 0.15) is 58.3 Å². The first kappa shape index (κ1) is 11.7. The Bertz CT molecular complexity index is 177. The van der Waals surface area contributed by atoms with Crippen LogP contribution in [-0.4, -0.2) is 17.0 Å². The number of hydrogen-bond acceptors (Lipinski definition) is 2. The molecule has 1 N–H and O–H groups in total. The average Bonchev–Trinajstić information content (AvgIpc) is 2.18. The Morgan fingerprint density at radius 2 is 2.21 bits per heavy atom. The third-order valence-corrected chi connectivity index (χ3v) is 3.17. The molecule has 1 fully saturated rings. The van der Waals surface area contributed by atoms with E-state index in [0.717, 1.165) is 38.5 Å². The summed E-state index contributed by atoms with van der Waals surface area (Å²) >= 11 is 0. The first-order chi connectivity index (χ1) is 6.75. The molecule has 0 saturated heterocycles. The summed E-state index contributed by atoms with van der Waals surface area (Å²) in [6.45, 7) is 2.15. The van der Waals surface area contributed by atoms with Crippen molar-refractivity contribution in [3.63, 3.8) is 0 Å². The van der Waals surface area contributed by atoms with E-state index in [1.165, 1.54) is 6.42 Å². The summed E-state index contributed by atoms with van der Waals surface area (Å²) in [7, 11) is 0. The molecule has 1 aliphatic carbocycles. The predicted octanol–water partition coefficient (Wildman–Crippen LogP) is 2.69. The molecule has 2 atom stereocenters. The zero-order valence-corrected chi connectivity index (χ0v) is 9.17. The molecule has 1 aliphatic rings. The second-order valence-electron chi connectivity index (χ2n) is 4.38. The van der Waals surface area contributed by atoms with Crippen molar-refractivity contribution in [3.05, 3.63) is 0 Å². The Morgan fingerprint density at radius 3 is 2.86 bits per heavy atom. The SMILES string of the molecule is CCCCC[C@H](O)[C@@H]1CCCCC1=O. The molecular weight excluding hydrogens is 176 g/mol. The Hall–Kier alpha value is -0.370. The number of unbranched alkanes of at least 4 members (excludes halogenated alkanes) is 2. The van der Waals surface area contributed by atoms with Gasteiger partial charge in [-0.15, -0.1) is 0 Å². The zero-order chi connectivity index (χ0) is 10.4. The largest absolute Gasteiger partial charge is 0.392 e. The molecule has 82 valence electrons.